The third-order valence-corrected chi connectivity index (χ3v) is 5.03. The Hall–Kier alpha value is -2.86. The summed E-state index contributed by atoms with van der Waals surface area (Å²) in [5.74, 6) is 6.63. The fourth-order valence-corrected chi connectivity index (χ4v) is 3.17. The van der Waals surface area contributed by atoms with Gasteiger partial charge in [-0.3, -0.25) is 4.99 Å². The first-order valence-corrected chi connectivity index (χ1v) is 11.4. The molecule has 31 heavy (non-hydrogen) atoms. The van der Waals surface area contributed by atoms with Gasteiger partial charge in [-0.05, 0) is 70.1 Å². The summed E-state index contributed by atoms with van der Waals surface area (Å²) in [4.78, 5) is 9.31. The first-order chi connectivity index (χ1) is 14.9. The fourth-order valence-electron chi connectivity index (χ4n) is 3.17. The van der Waals surface area contributed by atoms with E-state index in [1.807, 2.05) is 26.8 Å². The van der Waals surface area contributed by atoms with Gasteiger partial charge in [0.15, 0.2) is 0 Å². The topological polar surface area (TPSA) is 50.7 Å². The van der Waals surface area contributed by atoms with E-state index >= 15 is 0 Å². The zero-order valence-corrected chi connectivity index (χ0v) is 20.5. The van der Waals surface area contributed by atoms with Gasteiger partial charge < -0.3 is 5.73 Å². The molecule has 0 unspecified atom stereocenters. The summed E-state index contributed by atoms with van der Waals surface area (Å²) in [7, 11) is 0. The van der Waals surface area contributed by atoms with E-state index in [4.69, 9.17) is 10.7 Å². The molecule has 0 amide bonds. The molecule has 0 aromatic heterocycles. The minimum absolute atomic E-state index is 0.769. The van der Waals surface area contributed by atoms with Crippen LogP contribution >= 0.6 is 0 Å². The lowest BCUT2D eigenvalue weighted by atomic mass is 9.96. The van der Waals surface area contributed by atoms with Gasteiger partial charge in [-0.2, -0.15) is 0 Å². The Morgan fingerprint density at radius 1 is 1.03 bits per heavy atom. The fraction of sp³-hybridized carbons (Fsp3) is 0.429. The molecule has 0 saturated carbocycles. The summed E-state index contributed by atoms with van der Waals surface area (Å²) in [6, 6.07) is 8.29. The van der Waals surface area contributed by atoms with Crippen LogP contribution in [0.4, 0.5) is 5.69 Å². The number of unbranched alkanes of at least 4 members (excludes halogenated alkanes) is 1. The van der Waals surface area contributed by atoms with E-state index in [-0.39, 0.29) is 0 Å². The lowest BCUT2D eigenvalue weighted by Gasteiger charge is -2.14. The van der Waals surface area contributed by atoms with Crippen LogP contribution in [0.15, 0.2) is 68.4 Å². The Morgan fingerprint density at radius 3 is 2.35 bits per heavy atom. The van der Waals surface area contributed by atoms with Gasteiger partial charge in [-0.15, -0.1) is 0 Å². The van der Waals surface area contributed by atoms with Crippen molar-refractivity contribution in [3.05, 3.63) is 64.0 Å². The molecule has 0 aliphatic carbocycles. The highest BCUT2D eigenvalue weighted by Crippen LogP contribution is 2.25. The van der Waals surface area contributed by atoms with Crippen LogP contribution in [0.2, 0.25) is 0 Å². The summed E-state index contributed by atoms with van der Waals surface area (Å²) in [6.45, 7) is 14.4. The lowest BCUT2D eigenvalue weighted by Crippen LogP contribution is -2.08. The van der Waals surface area contributed by atoms with Crippen LogP contribution in [0.25, 0.3) is 0 Å². The molecule has 0 radical (unpaired) electrons. The molecule has 166 valence electrons. The lowest BCUT2D eigenvalue weighted by molar-refractivity contribution is 0.921. The van der Waals surface area contributed by atoms with E-state index < -0.39 is 0 Å². The first-order valence-electron chi connectivity index (χ1n) is 11.4. The summed E-state index contributed by atoms with van der Waals surface area (Å²) in [5, 5.41) is 0. The number of aliphatic imine (C=N–C) groups is 2. The number of hydrogen-bond acceptors (Lipinski definition) is 3. The number of nitrogens with zero attached hydrogens (tertiary/aromatic N) is 2. The second-order valence-electron chi connectivity index (χ2n) is 7.63. The number of rotatable bonds is 9. The molecule has 3 heteroatoms. The maximum absolute atomic E-state index is 6.57. The highest BCUT2D eigenvalue weighted by molar-refractivity contribution is 6.00. The van der Waals surface area contributed by atoms with Crippen molar-refractivity contribution in [1.82, 2.24) is 0 Å². The van der Waals surface area contributed by atoms with Crippen LogP contribution < -0.4 is 5.73 Å². The van der Waals surface area contributed by atoms with E-state index in [0.29, 0.717) is 0 Å². The molecule has 0 aliphatic rings. The van der Waals surface area contributed by atoms with Gasteiger partial charge >= 0.3 is 0 Å². The molecule has 0 atom stereocenters. The second kappa shape index (κ2) is 14.2. The van der Waals surface area contributed by atoms with Crippen molar-refractivity contribution in [1.29, 1.82) is 0 Å². The molecular weight excluding hydrogens is 378 g/mol. The molecule has 0 spiro atoms. The molecule has 0 fully saturated rings. The van der Waals surface area contributed by atoms with Gasteiger partial charge in [-0.25, -0.2) is 4.99 Å². The highest BCUT2D eigenvalue weighted by Gasteiger charge is 2.12. The van der Waals surface area contributed by atoms with Crippen molar-refractivity contribution in [3.63, 3.8) is 0 Å². The normalized spacial score (nSPS) is 14.2. The molecule has 3 nitrogen and oxygen atoms in total. The smallest absolute Gasteiger partial charge is 0.0879 e. The standard InChI is InChI=1S/C28H39N3/c1-8-12-16-25(27(23(7)30-11-4)28(29)21(5)10-3)20-19-22(6)31-26-18-14-13-17-24(26)15-9-2/h11,13-14,16-18H,8-10,12,15,29H2,1-7H3/b25-16-,27-23-,28-21-,30-11?,31-22?. The van der Waals surface area contributed by atoms with E-state index in [0.717, 1.165) is 71.6 Å². The zero-order valence-electron chi connectivity index (χ0n) is 20.5. The number of allylic oxidation sites excluding steroid dienone is 4. The van der Waals surface area contributed by atoms with Crippen molar-refractivity contribution >= 4 is 17.6 Å². The van der Waals surface area contributed by atoms with Crippen molar-refractivity contribution < 1.29 is 0 Å². The minimum atomic E-state index is 0.769. The molecule has 1 aromatic rings. The van der Waals surface area contributed by atoms with E-state index in [2.05, 4.69) is 68.8 Å². The van der Waals surface area contributed by atoms with E-state index in [9.17, 15) is 0 Å². The number of nitrogens with two attached hydrogens (primary N) is 1. The van der Waals surface area contributed by atoms with Crippen molar-refractivity contribution in [2.75, 3.05) is 0 Å². The van der Waals surface area contributed by atoms with Crippen LogP contribution in [0.5, 0.6) is 0 Å². The van der Waals surface area contributed by atoms with Crippen LogP contribution in [0, 0.1) is 11.8 Å². The Kier molecular flexibility index (Phi) is 12.0. The monoisotopic (exact) mass is 417 g/mol. The van der Waals surface area contributed by atoms with Gasteiger partial charge in [0.05, 0.1) is 11.4 Å². The molecule has 0 aliphatic heterocycles. The van der Waals surface area contributed by atoms with Gasteiger partial charge in [0, 0.05) is 28.8 Å². The zero-order chi connectivity index (χ0) is 23.2. The van der Waals surface area contributed by atoms with Gasteiger partial charge in [-0.1, -0.05) is 63.8 Å². The molecule has 1 aromatic carbocycles. The third kappa shape index (κ3) is 8.42. The van der Waals surface area contributed by atoms with Gasteiger partial charge in [0.1, 0.15) is 0 Å². The number of hydrogen-bond donors (Lipinski definition) is 1. The maximum atomic E-state index is 6.57. The van der Waals surface area contributed by atoms with Crippen LogP contribution in [0.3, 0.4) is 0 Å². The minimum Gasteiger partial charge on any atom is -0.398 e. The predicted octanol–water partition coefficient (Wildman–Crippen LogP) is 7.47. The summed E-state index contributed by atoms with van der Waals surface area (Å²) in [6.07, 6.45) is 8.95. The van der Waals surface area contributed by atoms with Crippen molar-refractivity contribution in [2.45, 2.75) is 80.6 Å². The van der Waals surface area contributed by atoms with Crippen molar-refractivity contribution in [3.8, 4) is 11.8 Å². The third-order valence-electron chi connectivity index (χ3n) is 5.03. The van der Waals surface area contributed by atoms with Gasteiger partial charge in [0.2, 0.25) is 0 Å². The summed E-state index contributed by atoms with van der Waals surface area (Å²) in [5.41, 5.74) is 14.3. The Morgan fingerprint density at radius 2 is 1.74 bits per heavy atom. The van der Waals surface area contributed by atoms with Crippen molar-refractivity contribution in [2.24, 2.45) is 15.7 Å². The Bertz CT molecular complexity index is 944. The molecule has 2 N–H and O–H groups in total. The molecular formula is C28H39N3. The van der Waals surface area contributed by atoms with Crippen LogP contribution in [-0.4, -0.2) is 11.9 Å². The quantitative estimate of drug-likeness (QED) is 0.253. The average Bonchev–Trinajstić information content (AvgIpc) is 2.76. The number of benzene rings is 1. The molecule has 1 rings (SSSR count). The number of aryl methyl sites for hydroxylation is 1. The molecule has 0 bridgehead atoms. The Balaban J connectivity index is 3.52. The average molecular weight is 418 g/mol. The highest BCUT2D eigenvalue weighted by atomic mass is 14.7. The Labute approximate surface area is 190 Å². The SMILES string of the molecule is CC=N/C(C)=C(C(/C#CC(C)=Nc1ccccc1CCC)=C\CCC)\C(N)=C(/C)CC. The first kappa shape index (κ1) is 26.2. The van der Waals surface area contributed by atoms with Gasteiger partial charge in [0.25, 0.3) is 0 Å². The molecule has 0 saturated heterocycles. The van der Waals surface area contributed by atoms with E-state index in [1.54, 1.807) is 6.21 Å². The summed E-state index contributed by atoms with van der Waals surface area (Å²) >= 11 is 0. The van der Waals surface area contributed by atoms with Crippen LogP contribution in [0.1, 0.15) is 79.7 Å². The largest absolute Gasteiger partial charge is 0.398 e. The predicted molar refractivity (Wildman–Crippen MR) is 138 cm³/mol. The second-order valence-corrected chi connectivity index (χ2v) is 7.63. The van der Waals surface area contributed by atoms with Crippen LogP contribution in [-0.2, 0) is 6.42 Å². The maximum Gasteiger partial charge on any atom is 0.0879 e. The summed E-state index contributed by atoms with van der Waals surface area (Å²) < 4.78 is 0. The molecule has 0 heterocycles. The number of para-hydroxylation sites is 1. The van der Waals surface area contributed by atoms with E-state index in [1.165, 1.54) is 5.56 Å².